The predicted octanol–water partition coefficient (Wildman–Crippen LogP) is 3.64. The van der Waals surface area contributed by atoms with Gasteiger partial charge in [-0.15, -0.1) is 0 Å². The number of aryl methyl sites for hydroxylation is 1. The largest absolute Gasteiger partial charge is 0.355 e. The molecule has 0 heterocycles. The highest BCUT2D eigenvalue weighted by Crippen LogP contribution is 2.18. The lowest BCUT2D eigenvalue weighted by Gasteiger charge is -2.10. The normalized spacial score (nSPS) is 10.3. The number of anilines is 1. The third-order valence-corrected chi connectivity index (χ3v) is 4.06. The Morgan fingerprint density at radius 3 is 2.54 bits per heavy atom. The lowest BCUT2D eigenvalue weighted by Crippen LogP contribution is -2.29. The molecule has 0 unspecified atom stereocenters. The van der Waals surface area contributed by atoms with Crippen LogP contribution in [0.3, 0.4) is 0 Å². The fourth-order valence-electron chi connectivity index (χ4n) is 2.33. The Kier molecular flexibility index (Phi) is 6.38. The third-order valence-electron chi connectivity index (χ3n) is 3.82. The Morgan fingerprint density at radius 2 is 1.79 bits per heavy atom. The highest BCUT2D eigenvalue weighted by molar-refractivity contribution is 6.30. The monoisotopic (exact) mass is 344 g/mol. The van der Waals surface area contributed by atoms with E-state index in [0.717, 1.165) is 22.4 Å². The van der Waals surface area contributed by atoms with Gasteiger partial charge in [0.05, 0.1) is 0 Å². The second kappa shape index (κ2) is 8.50. The van der Waals surface area contributed by atoms with E-state index < -0.39 is 0 Å². The molecule has 0 aromatic heterocycles. The van der Waals surface area contributed by atoms with Gasteiger partial charge >= 0.3 is 0 Å². The first-order valence-electron chi connectivity index (χ1n) is 7.83. The predicted molar refractivity (Wildman–Crippen MR) is 97.3 cm³/mol. The second-order valence-electron chi connectivity index (χ2n) is 5.70. The van der Waals surface area contributed by atoms with Gasteiger partial charge in [-0.2, -0.15) is 0 Å². The van der Waals surface area contributed by atoms with Crippen molar-refractivity contribution in [2.45, 2.75) is 26.7 Å². The molecule has 2 amide bonds. The first kappa shape index (κ1) is 18.0. The molecule has 0 saturated heterocycles. The fraction of sp³-hybridized carbons (Fsp3) is 0.263. The minimum atomic E-state index is -0.316. The van der Waals surface area contributed by atoms with E-state index in [-0.39, 0.29) is 18.2 Å². The van der Waals surface area contributed by atoms with Crippen molar-refractivity contribution in [2.75, 3.05) is 11.9 Å². The van der Waals surface area contributed by atoms with Crippen LogP contribution in [-0.2, 0) is 16.0 Å². The molecule has 4 nitrogen and oxygen atoms in total. The van der Waals surface area contributed by atoms with Gasteiger partial charge in [0.1, 0.15) is 6.42 Å². The van der Waals surface area contributed by atoms with E-state index in [9.17, 15) is 9.59 Å². The maximum atomic E-state index is 12.0. The summed E-state index contributed by atoms with van der Waals surface area (Å²) in [4.78, 5) is 23.8. The van der Waals surface area contributed by atoms with Crippen LogP contribution in [-0.4, -0.2) is 18.4 Å². The molecule has 2 N–H and O–H groups in total. The molecule has 0 atom stereocenters. The summed E-state index contributed by atoms with van der Waals surface area (Å²) in [6.07, 6.45) is 0.480. The number of rotatable bonds is 6. The summed E-state index contributed by atoms with van der Waals surface area (Å²) in [6.45, 7) is 4.39. The minimum absolute atomic E-state index is 0.192. The van der Waals surface area contributed by atoms with Crippen LogP contribution >= 0.6 is 11.6 Å². The molecule has 24 heavy (non-hydrogen) atoms. The quantitative estimate of drug-likeness (QED) is 0.786. The van der Waals surface area contributed by atoms with Crippen molar-refractivity contribution in [1.29, 1.82) is 0 Å². The van der Waals surface area contributed by atoms with E-state index in [1.165, 1.54) is 0 Å². The standard InChI is InChI=1S/C19H21ClN2O2/c1-13-5-3-8-17(14(13)2)22-19(24)12-18(23)21-10-9-15-6-4-7-16(20)11-15/h3-8,11H,9-10,12H2,1-2H3,(H,21,23)(H,22,24). The molecule has 2 aromatic carbocycles. The zero-order valence-corrected chi connectivity index (χ0v) is 14.6. The first-order chi connectivity index (χ1) is 11.5. The van der Waals surface area contributed by atoms with Crippen LogP contribution in [0.25, 0.3) is 0 Å². The topological polar surface area (TPSA) is 58.2 Å². The van der Waals surface area contributed by atoms with Gasteiger partial charge in [-0.3, -0.25) is 9.59 Å². The van der Waals surface area contributed by atoms with Crippen LogP contribution in [0.2, 0.25) is 5.02 Å². The van der Waals surface area contributed by atoms with Gasteiger partial charge in [0, 0.05) is 17.3 Å². The smallest absolute Gasteiger partial charge is 0.233 e. The Hall–Kier alpha value is -2.33. The molecule has 5 heteroatoms. The van der Waals surface area contributed by atoms with Gasteiger partial charge in [-0.05, 0) is 55.2 Å². The van der Waals surface area contributed by atoms with E-state index in [0.29, 0.717) is 18.0 Å². The number of carbonyl (C=O) groups excluding carboxylic acids is 2. The summed E-state index contributed by atoms with van der Waals surface area (Å²) in [5, 5.41) is 6.20. The Bertz CT molecular complexity index is 744. The Labute approximate surface area is 147 Å². The maximum Gasteiger partial charge on any atom is 0.233 e. The lowest BCUT2D eigenvalue weighted by atomic mass is 10.1. The molecule has 0 spiro atoms. The average molecular weight is 345 g/mol. The summed E-state index contributed by atoms with van der Waals surface area (Å²) in [5.41, 5.74) is 3.89. The zero-order valence-electron chi connectivity index (χ0n) is 13.9. The number of halogens is 1. The molecule has 0 aliphatic carbocycles. The number of carbonyl (C=O) groups is 2. The number of benzene rings is 2. The van der Waals surface area contributed by atoms with Gasteiger partial charge in [0.25, 0.3) is 0 Å². The number of nitrogens with one attached hydrogen (secondary N) is 2. The lowest BCUT2D eigenvalue weighted by molar-refractivity contribution is -0.126. The molecule has 0 aliphatic rings. The van der Waals surface area contributed by atoms with E-state index in [4.69, 9.17) is 11.6 Å². The molecule has 0 fully saturated rings. The van der Waals surface area contributed by atoms with Gasteiger partial charge in [0.15, 0.2) is 0 Å². The van der Waals surface area contributed by atoms with Crippen molar-refractivity contribution in [1.82, 2.24) is 5.32 Å². The molecular formula is C19H21ClN2O2. The number of amides is 2. The van der Waals surface area contributed by atoms with E-state index in [2.05, 4.69) is 10.6 Å². The highest BCUT2D eigenvalue weighted by Gasteiger charge is 2.11. The van der Waals surface area contributed by atoms with Crippen LogP contribution in [0.15, 0.2) is 42.5 Å². The van der Waals surface area contributed by atoms with Crippen molar-refractivity contribution in [3.63, 3.8) is 0 Å². The van der Waals surface area contributed by atoms with Crippen LogP contribution in [0, 0.1) is 13.8 Å². The maximum absolute atomic E-state index is 12.0. The summed E-state index contributed by atoms with van der Waals surface area (Å²) in [5.74, 6) is -0.608. The van der Waals surface area contributed by atoms with Crippen molar-refractivity contribution in [2.24, 2.45) is 0 Å². The van der Waals surface area contributed by atoms with Gasteiger partial charge < -0.3 is 10.6 Å². The zero-order chi connectivity index (χ0) is 17.5. The van der Waals surface area contributed by atoms with Crippen LogP contribution < -0.4 is 10.6 Å². The SMILES string of the molecule is Cc1cccc(NC(=O)CC(=O)NCCc2cccc(Cl)c2)c1C. The highest BCUT2D eigenvalue weighted by atomic mass is 35.5. The van der Waals surface area contributed by atoms with Gasteiger partial charge in [-0.1, -0.05) is 35.9 Å². The summed E-state index contributed by atoms with van der Waals surface area (Å²) < 4.78 is 0. The van der Waals surface area contributed by atoms with Crippen LogP contribution in [0.4, 0.5) is 5.69 Å². The minimum Gasteiger partial charge on any atom is -0.355 e. The van der Waals surface area contributed by atoms with Crippen molar-refractivity contribution in [3.05, 3.63) is 64.2 Å². The first-order valence-corrected chi connectivity index (χ1v) is 8.20. The molecule has 0 saturated carbocycles. The number of hydrogen-bond acceptors (Lipinski definition) is 2. The molecule has 0 radical (unpaired) electrons. The molecule has 2 rings (SSSR count). The van der Waals surface area contributed by atoms with Crippen molar-refractivity contribution < 1.29 is 9.59 Å². The van der Waals surface area contributed by atoms with Crippen molar-refractivity contribution >= 4 is 29.1 Å². The second-order valence-corrected chi connectivity index (χ2v) is 6.14. The summed E-state index contributed by atoms with van der Waals surface area (Å²) in [7, 11) is 0. The van der Waals surface area contributed by atoms with E-state index in [1.54, 1.807) is 6.07 Å². The average Bonchev–Trinajstić information content (AvgIpc) is 2.52. The number of hydrogen-bond donors (Lipinski definition) is 2. The fourth-order valence-corrected chi connectivity index (χ4v) is 2.54. The van der Waals surface area contributed by atoms with Gasteiger partial charge in [0.2, 0.25) is 11.8 Å². The Morgan fingerprint density at radius 1 is 1.04 bits per heavy atom. The molecule has 0 bridgehead atoms. The van der Waals surface area contributed by atoms with Crippen LogP contribution in [0.5, 0.6) is 0 Å². The summed E-state index contributed by atoms with van der Waals surface area (Å²) >= 11 is 5.92. The molecular weight excluding hydrogens is 324 g/mol. The van der Waals surface area contributed by atoms with E-state index in [1.807, 2.05) is 50.2 Å². The van der Waals surface area contributed by atoms with E-state index >= 15 is 0 Å². The van der Waals surface area contributed by atoms with Gasteiger partial charge in [-0.25, -0.2) is 0 Å². The molecule has 2 aromatic rings. The Balaban J connectivity index is 1.77. The molecule has 0 aliphatic heterocycles. The van der Waals surface area contributed by atoms with Crippen LogP contribution in [0.1, 0.15) is 23.1 Å². The molecule has 126 valence electrons. The van der Waals surface area contributed by atoms with Crippen molar-refractivity contribution in [3.8, 4) is 0 Å². The third kappa shape index (κ3) is 5.39. The summed E-state index contributed by atoms with van der Waals surface area (Å²) in [6, 6.07) is 13.2.